The van der Waals surface area contributed by atoms with E-state index in [-0.39, 0.29) is 5.92 Å². The lowest BCUT2D eigenvalue weighted by Gasteiger charge is -2.37. The molecule has 1 aliphatic rings. The molecule has 0 unspecified atom stereocenters. The number of ether oxygens (including phenoxy) is 1. The van der Waals surface area contributed by atoms with E-state index in [1.807, 2.05) is 26.1 Å². The van der Waals surface area contributed by atoms with Gasteiger partial charge in [-0.1, -0.05) is 13.8 Å². The monoisotopic (exact) mass is 463 g/mol. The minimum Gasteiger partial charge on any atom is -0.493 e. The van der Waals surface area contributed by atoms with Crippen LogP contribution in [0.25, 0.3) is 27.9 Å². The zero-order valence-corrected chi connectivity index (χ0v) is 20.5. The number of aliphatic hydroxyl groups is 1. The van der Waals surface area contributed by atoms with Crippen molar-refractivity contribution >= 4 is 22.5 Å². The highest BCUT2D eigenvalue weighted by molar-refractivity contribution is 5.90. The van der Waals surface area contributed by atoms with Crippen LogP contribution in [0, 0.1) is 0 Å². The first-order valence-electron chi connectivity index (χ1n) is 11.8. The Kier molecular flexibility index (Phi) is 5.69. The summed E-state index contributed by atoms with van der Waals surface area (Å²) in [6.45, 7) is 12.4. The number of hydrogen-bond acceptors (Lipinski definition) is 7. The second kappa shape index (κ2) is 8.56. The third kappa shape index (κ3) is 4.21. The van der Waals surface area contributed by atoms with Crippen molar-refractivity contribution in [3.63, 3.8) is 0 Å². The molecule has 2 N–H and O–H groups in total. The highest BCUT2D eigenvalue weighted by Gasteiger charge is 2.25. The largest absolute Gasteiger partial charge is 0.493 e. The normalized spacial score (nSPS) is 15.7. The van der Waals surface area contributed by atoms with Crippen molar-refractivity contribution in [2.45, 2.75) is 39.2 Å². The van der Waals surface area contributed by atoms with Crippen molar-refractivity contribution in [3.05, 3.63) is 36.3 Å². The molecule has 1 fully saturated rings. The summed E-state index contributed by atoms with van der Waals surface area (Å²) in [4.78, 5) is 17.7. The van der Waals surface area contributed by atoms with E-state index < -0.39 is 5.60 Å². The third-order valence-corrected chi connectivity index (χ3v) is 6.40. The number of fused-ring (bicyclic) bond motifs is 2. The molecule has 0 atom stereocenters. The fourth-order valence-corrected chi connectivity index (χ4v) is 4.91. The van der Waals surface area contributed by atoms with Gasteiger partial charge in [0.1, 0.15) is 12.1 Å². The lowest BCUT2D eigenvalue weighted by Crippen LogP contribution is -2.50. The predicted molar refractivity (Wildman–Crippen MR) is 134 cm³/mol. The van der Waals surface area contributed by atoms with E-state index in [1.54, 1.807) is 11.6 Å². The summed E-state index contributed by atoms with van der Waals surface area (Å²) in [5.74, 6) is 1.95. The van der Waals surface area contributed by atoms with Gasteiger partial charge in [0.05, 0.1) is 29.4 Å². The Morgan fingerprint density at radius 2 is 1.94 bits per heavy atom. The number of methoxy groups -OCH3 is 1. The standard InChI is InChI=1S/C25H33N7O2/c1-16(2)21-22(17-12-19(34-5)24-26-15-27-32(24)13-17)28-18-6-7-20(29-23(18)21)31-10-8-30(9-11-31)14-25(3,4)33/h6-7,12-13,15-16,28,33H,8-11,14H2,1-5H3. The fraction of sp³-hybridized carbons (Fsp3) is 0.480. The van der Waals surface area contributed by atoms with Crippen molar-refractivity contribution in [2.75, 3.05) is 44.7 Å². The molecule has 0 bridgehead atoms. The number of anilines is 1. The van der Waals surface area contributed by atoms with E-state index >= 15 is 0 Å². The van der Waals surface area contributed by atoms with Gasteiger partial charge in [0, 0.05) is 50.0 Å². The van der Waals surface area contributed by atoms with Crippen LogP contribution in [0.2, 0.25) is 0 Å². The summed E-state index contributed by atoms with van der Waals surface area (Å²) in [7, 11) is 1.65. The number of pyridine rings is 2. The SMILES string of the molecule is COc1cc(-c2[nH]c3ccc(N4CCN(CC(C)(C)O)CC4)nc3c2C(C)C)cn2ncnc12. The highest BCUT2D eigenvalue weighted by Crippen LogP contribution is 2.37. The van der Waals surface area contributed by atoms with E-state index in [4.69, 9.17) is 9.72 Å². The topological polar surface area (TPSA) is 94.8 Å². The molecule has 4 aromatic heterocycles. The van der Waals surface area contributed by atoms with Gasteiger partial charge in [-0.3, -0.25) is 4.90 Å². The molecule has 0 spiro atoms. The van der Waals surface area contributed by atoms with E-state index in [2.05, 4.69) is 50.8 Å². The van der Waals surface area contributed by atoms with Gasteiger partial charge >= 0.3 is 0 Å². The van der Waals surface area contributed by atoms with Crippen molar-refractivity contribution in [3.8, 4) is 17.0 Å². The number of nitrogens with zero attached hydrogens (tertiary/aromatic N) is 6. The zero-order chi connectivity index (χ0) is 24.0. The number of rotatable bonds is 6. The van der Waals surface area contributed by atoms with Gasteiger partial charge in [-0.05, 0) is 38.0 Å². The van der Waals surface area contributed by atoms with Crippen molar-refractivity contribution < 1.29 is 9.84 Å². The first kappa shape index (κ1) is 22.6. The summed E-state index contributed by atoms with van der Waals surface area (Å²) in [5, 5.41) is 14.5. The fourth-order valence-electron chi connectivity index (χ4n) is 4.91. The van der Waals surface area contributed by atoms with Crippen LogP contribution >= 0.6 is 0 Å². The quantitative estimate of drug-likeness (QED) is 0.453. The molecular formula is C25H33N7O2. The third-order valence-electron chi connectivity index (χ3n) is 6.40. The van der Waals surface area contributed by atoms with Gasteiger partial charge in [-0.25, -0.2) is 14.5 Å². The van der Waals surface area contributed by atoms with Gasteiger partial charge < -0.3 is 19.7 Å². The summed E-state index contributed by atoms with van der Waals surface area (Å²) in [6.07, 6.45) is 3.51. The average Bonchev–Trinajstić information content (AvgIpc) is 3.42. The maximum Gasteiger partial charge on any atom is 0.197 e. The molecule has 0 aromatic carbocycles. The van der Waals surface area contributed by atoms with Gasteiger partial charge in [-0.15, -0.1) is 0 Å². The first-order valence-corrected chi connectivity index (χ1v) is 11.8. The smallest absolute Gasteiger partial charge is 0.197 e. The van der Waals surface area contributed by atoms with Crippen LogP contribution in [0.1, 0.15) is 39.2 Å². The molecule has 0 amide bonds. The molecule has 4 aromatic rings. The summed E-state index contributed by atoms with van der Waals surface area (Å²) < 4.78 is 7.33. The van der Waals surface area contributed by atoms with Crippen LogP contribution in [0.15, 0.2) is 30.7 Å². The maximum atomic E-state index is 10.1. The van der Waals surface area contributed by atoms with E-state index in [0.29, 0.717) is 17.9 Å². The van der Waals surface area contributed by atoms with Gasteiger partial charge in [-0.2, -0.15) is 5.10 Å². The predicted octanol–water partition coefficient (Wildman–Crippen LogP) is 3.30. The second-order valence-corrected chi connectivity index (χ2v) is 10.0. The lowest BCUT2D eigenvalue weighted by atomic mass is 9.99. The lowest BCUT2D eigenvalue weighted by molar-refractivity contribution is 0.0344. The Labute approximate surface area is 199 Å². The first-order chi connectivity index (χ1) is 16.2. The molecule has 0 radical (unpaired) electrons. The Morgan fingerprint density at radius 3 is 2.62 bits per heavy atom. The summed E-state index contributed by atoms with van der Waals surface area (Å²) in [6, 6.07) is 6.23. The molecule has 9 nitrogen and oxygen atoms in total. The number of β-amino-alcohol motifs (C(OH)–C–C–N with tert-alkyl or cyclic N) is 1. The number of aromatic amines is 1. The molecule has 34 heavy (non-hydrogen) atoms. The number of H-pyrrole nitrogens is 1. The van der Waals surface area contributed by atoms with E-state index in [9.17, 15) is 5.11 Å². The molecule has 1 aliphatic heterocycles. The highest BCUT2D eigenvalue weighted by atomic mass is 16.5. The van der Waals surface area contributed by atoms with Crippen LogP contribution in [0.4, 0.5) is 5.82 Å². The van der Waals surface area contributed by atoms with Gasteiger partial charge in [0.2, 0.25) is 0 Å². The van der Waals surface area contributed by atoms with Crippen molar-refractivity contribution in [2.24, 2.45) is 0 Å². The minimum atomic E-state index is -0.676. The molecule has 5 heterocycles. The summed E-state index contributed by atoms with van der Waals surface area (Å²) in [5.41, 5.74) is 5.22. The number of nitrogens with one attached hydrogen (secondary N) is 1. The number of hydrogen-bond donors (Lipinski definition) is 2. The molecule has 0 saturated carbocycles. The Balaban J connectivity index is 1.50. The van der Waals surface area contributed by atoms with Crippen LogP contribution in [0.5, 0.6) is 5.75 Å². The average molecular weight is 464 g/mol. The molecule has 0 aliphatic carbocycles. The van der Waals surface area contributed by atoms with Gasteiger partial charge in [0.15, 0.2) is 11.4 Å². The molecule has 1 saturated heterocycles. The molecule has 180 valence electrons. The van der Waals surface area contributed by atoms with Crippen molar-refractivity contribution in [1.29, 1.82) is 0 Å². The van der Waals surface area contributed by atoms with Crippen LogP contribution < -0.4 is 9.64 Å². The maximum absolute atomic E-state index is 10.1. The molecule has 5 rings (SSSR count). The minimum absolute atomic E-state index is 0.271. The Hall–Kier alpha value is -3.17. The van der Waals surface area contributed by atoms with Gasteiger partial charge in [0.25, 0.3) is 0 Å². The van der Waals surface area contributed by atoms with E-state index in [1.165, 1.54) is 11.9 Å². The second-order valence-electron chi connectivity index (χ2n) is 10.0. The number of aromatic nitrogens is 5. The van der Waals surface area contributed by atoms with Crippen LogP contribution in [0.3, 0.4) is 0 Å². The molecular weight excluding hydrogens is 430 g/mol. The van der Waals surface area contributed by atoms with Crippen LogP contribution in [-0.2, 0) is 0 Å². The number of piperazine rings is 1. The molecule has 9 heteroatoms. The summed E-state index contributed by atoms with van der Waals surface area (Å²) >= 11 is 0. The Morgan fingerprint density at radius 1 is 1.18 bits per heavy atom. The van der Waals surface area contributed by atoms with E-state index in [0.717, 1.165) is 54.3 Å². The zero-order valence-electron chi connectivity index (χ0n) is 20.5. The van der Waals surface area contributed by atoms with Crippen LogP contribution in [-0.4, -0.2) is 80.0 Å². The van der Waals surface area contributed by atoms with Crippen molar-refractivity contribution in [1.82, 2.24) is 29.5 Å². The Bertz CT molecular complexity index is 1310.